The largest absolute Gasteiger partial charge is 0.515 e. The highest BCUT2D eigenvalue weighted by atomic mass is 16.6. The van der Waals surface area contributed by atoms with Gasteiger partial charge in [0.2, 0.25) is 0 Å². The van der Waals surface area contributed by atoms with E-state index in [9.17, 15) is 9.59 Å². The van der Waals surface area contributed by atoms with Crippen LogP contribution in [0.25, 0.3) is 0 Å². The number of Topliss-reactive ketones (excluding diaryl/α,β-unsaturated/α-hetero) is 1. The molecule has 1 heterocycles. The first-order valence-electron chi connectivity index (χ1n) is 5.68. The number of aliphatic hydroxyl groups excluding tert-OH is 1. The van der Waals surface area contributed by atoms with Crippen molar-refractivity contribution in [3.05, 3.63) is 11.8 Å². The van der Waals surface area contributed by atoms with E-state index in [1.54, 1.807) is 20.8 Å². The van der Waals surface area contributed by atoms with E-state index < -0.39 is 11.7 Å². The van der Waals surface area contributed by atoms with Crippen LogP contribution in [0.5, 0.6) is 0 Å². The van der Waals surface area contributed by atoms with Crippen LogP contribution in [0.1, 0.15) is 33.6 Å². The fourth-order valence-corrected chi connectivity index (χ4v) is 1.56. The highest BCUT2D eigenvalue weighted by Crippen LogP contribution is 2.16. The first-order valence-corrected chi connectivity index (χ1v) is 5.68. The van der Waals surface area contributed by atoms with Crippen LogP contribution in [0.3, 0.4) is 0 Å². The van der Waals surface area contributed by atoms with Gasteiger partial charge in [-0.3, -0.25) is 4.79 Å². The number of amides is 1. The van der Waals surface area contributed by atoms with Gasteiger partial charge in [0.05, 0.1) is 12.8 Å². The zero-order valence-corrected chi connectivity index (χ0v) is 10.5. The van der Waals surface area contributed by atoms with E-state index in [1.165, 1.54) is 4.90 Å². The number of ether oxygens (including phenoxy) is 1. The third-order valence-electron chi connectivity index (χ3n) is 2.36. The second kappa shape index (κ2) is 5.21. The first kappa shape index (κ1) is 13.5. The number of ketones is 1. The lowest BCUT2D eigenvalue weighted by atomic mass is 10.1. The summed E-state index contributed by atoms with van der Waals surface area (Å²) in [6.07, 6.45) is 1.28. The molecule has 17 heavy (non-hydrogen) atoms. The normalized spacial score (nSPS) is 20.3. The van der Waals surface area contributed by atoms with Crippen LogP contribution in [-0.4, -0.2) is 40.6 Å². The van der Waals surface area contributed by atoms with Gasteiger partial charge in [-0.15, -0.1) is 0 Å². The van der Waals surface area contributed by atoms with Crippen LogP contribution in [0.15, 0.2) is 11.8 Å². The Hall–Kier alpha value is -1.52. The molecular weight excluding hydrogens is 222 g/mol. The van der Waals surface area contributed by atoms with Gasteiger partial charge < -0.3 is 14.7 Å². The number of hydrogen-bond acceptors (Lipinski definition) is 4. The molecule has 1 N–H and O–H groups in total. The first-order chi connectivity index (χ1) is 7.83. The van der Waals surface area contributed by atoms with Gasteiger partial charge in [-0.1, -0.05) is 0 Å². The minimum absolute atomic E-state index is 0.112. The molecule has 0 saturated carbocycles. The van der Waals surface area contributed by atoms with Crippen molar-refractivity contribution in [1.82, 2.24) is 4.90 Å². The highest BCUT2D eigenvalue weighted by Gasteiger charge is 2.26. The van der Waals surface area contributed by atoms with Gasteiger partial charge in [0.15, 0.2) is 5.78 Å². The summed E-state index contributed by atoms with van der Waals surface area (Å²) >= 11 is 0. The molecule has 96 valence electrons. The monoisotopic (exact) mass is 241 g/mol. The fraction of sp³-hybridized carbons (Fsp3) is 0.667. The summed E-state index contributed by atoms with van der Waals surface area (Å²) in [6, 6.07) is 0. The van der Waals surface area contributed by atoms with E-state index in [-0.39, 0.29) is 17.9 Å². The number of rotatable bonds is 0. The van der Waals surface area contributed by atoms with Crippen molar-refractivity contribution in [3.8, 4) is 0 Å². The number of carbonyl (C=O) groups is 2. The predicted octanol–water partition coefficient (Wildman–Crippen LogP) is 2.03. The quantitative estimate of drug-likeness (QED) is 0.520. The second-order valence-electron chi connectivity index (χ2n) is 5.08. The van der Waals surface area contributed by atoms with Crippen molar-refractivity contribution in [2.24, 2.45) is 0 Å². The zero-order valence-electron chi connectivity index (χ0n) is 10.5. The van der Waals surface area contributed by atoms with Crippen molar-refractivity contribution in [3.63, 3.8) is 0 Å². The summed E-state index contributed by atoms with van der Waals surface area (Å²) in [7, 11) is 0. The number of hydrogen-bond donors (Lipinski definition) is 1. The Bertz CT molecular complexity index is 341. The lowest BCUT2D eigenvalue weighted by Crippen LogP contribution is -2.38. The van der Waals surface area contributed by atoms with E-state index in [0.717, 1.165) is 6.26 Å². The molecule has 0 radical (unpaired) electrons. The number of carbonyl (C=O) groups excluding carboxylic acids is 2. The molecule has 5 heteroatoms. The lowest BCUT2D eigenvalue weighted by molar-refractivity contribution is -0.115. The molecule has 0 aromatic carbocycles. The fourth-order valence-electron chi connectivity index (χ4n) is 1.56. The smallest absolute Gasteiger partial charge is 0.410 e. The highest BCUT2D eigenvalue weighted by molar-refractivity contribution is 5.96. The molecule has 1 rings (SSSR count). The predicted molar refractivity (Wildman–Crippen MR) is 62.8 cm³/mol. The van der Waals surface area contributed by atoms with Gasteiger partial charge in [-0.25, -0.2) is 4.79 Å². The van der Waals surface area contributed by atoms with Crippen LogP contribution in [0, 0.1) is 0 Å². The van der Waals surface area contributed by atoms with Crippen molar-refractivity contribution >= 4 is 11.9 Å². The minimum Gasteiger partial charge on any atom is -0.515 e. The summed E-state index contributed by atoms with van der Waals surface area (Å²) in [5, 5.41) is 8.96. The Morgan fingerprint density at radius 3 is 2.65 bits per heavy atom. The molecule has 0 spiro atoms. The van der Waals surface area contributed by atoms with Crippen LogP contribution < -0.4 is 0 Å². The van der Waals surface area contributed by atoms with Crippen molar-refractivity contribution in [2.45, 2.75) is 39.2 Å². The van der Waals surface area contributed by atoms with E-state index in [4.69, 9.17) is 9.84 Å². The minimum atomic E-state index is -0.559. The van der Waals surface area contributed by atoms with E-state index >= 15 is 0 Å². The molecule has 0 aliphatic carbocycles. The summed E-state index contributed by atoms with van der Waals surface area (Å²) in [5.74, 6) is -0.112. The Morgan fingerprint density at radius 2 is 2.12 bits per heavy atom. The van der Waals surface area contributed by atoms with Gasteiger partial charge >= 0.3 is 6.09 Å². The molecular formula is C12H19NO4. The summed E-state index contributed by atoms with van der Waals surface area (Å²) in [4.78, 5) is 24.8. The topological polar surface area (TPSA) is 66.8 Å². The maximum absolute atomic E-state index is 11.8. The van der Waals surface area contributed by atoms with Crippen molar-refractivity contribution in [2.75, 3.05) is 13.1 Å². The third-order valence-corrected chi connectivity index (χ3v) is 2.36. The molecule has 1 saturated heterocycles. The molecule has 0 unspecified atom stereocenters. The number of likely N-dealkylation sites (tertiary alicyclic amines) is 1. The summed E-state index contributed by atoms with van der Waals surface area (Å²) in [6.45, 7) is 5.95. The molecule has 1 aliphatic heterocycles. The molecule has 1 aliphatic rings. The molecule has 0 aromatic rings. The molecule has 0 aromatic heterocycles. The van der Waals surface area contributed by atoms with Crippen LogP contribution in [-0.2, 0) is 9.53 Å². The van der Waals surface area contributed by atoms with Crippen LogP contribution in [0.2, 0.25) is 0 Å². The van der Waals surface area contributed by atoms with Crippen LogP contribution in [0.4, 0.5) is 4.79 Å². The third kappa shape index (κ3) is 4.09. The Kier molecular flexibility index (Phi) is 4.15. The van der Waals surface area contributed by atoms with Gasteiger partial charge in [0.1, 0.15) is 5.60 Å². The Morgan fingerprint density at radius 1 is 1.47 bits per heavy atom. The molecule has 5 nitrogen and oxygen atoms in total. The SMILES string of the molecule is CC(C)(C)OC(=O)N1CCCC(=O)/C(=C/O)C1. The van der Waals surface area contributed by atoms with Gasteiger partial charge in [0.25, 0.3) is 0 Å². The summed E-state index contributed by atoms with van der Waals surface area (Å²) in [5.41, 5.74) is -0.301. The average Bonchev–Trinajstić information content (AvgIpc) is 2.37. The number of aliphatic hydroxyl groups is 1. The average molecular weight is 241 g/mol. The maximum atomic E-state index is 11.8. The molecule has 0 atom stereocenters. The molecule has 1 amide bonds. The van der Waals surface area contributed by atoms with Gasteiger partial charge in [-0.2, -0.15) is 0 Å². The van der Waals surface area contributed by atoms with Gasteiger partial charge in [0, 0.05) is 18.5 Å². The molecule has 0 bridgehead atoms. The second-order valence-corrected chi connectivity index (χ2v) is 5.08. The van der Waals surface area contributed by atoms with Crippen molar-refractivity contribution in [1.29, 1.82) is 0 Å². The van der Waals surface area contributed by atoms with E-state index in [2.05, 4.69) is 0 Å². The Labute approximate surface area is 101 Å². The molecule has 1 fully saturated rings. The zero-order chi connectivity index (χ0) is 13.1. The van der Waals surface area contributed by atoms with Crippen molar-refractivity contribution < 1.29 is 19.4 Å². The lowest BCUT2D eigenvalue weighted by Gasteiger charge is -2.26. The van der Waals surface area contributed by atoms with E-state index in [0.29, 0.717) is 19.4 Å². The Balaban J connectivity index is 2.71. The van der Waals surface area contributed by atoms with E-state index in [1.807, 2.05) is 0 Å². The standard InChI is InChI=1S/C12H19NO4/c1-12(2,3)17-11(16)13-6-4-5-10(15)9(7-13)8-14/h8,14H,4-7H2,1-3H3/b9-8+. The van der Waals surface area contributed by atoms with Gasteiger partial charge in [-0.05, 0) is 27.2 Å². The number of nitrogens with zero attached hydrogens (tertiary/aromatic N) is 1. The summed E-state index contributed by atoms with van der Waals surface area (Å²) < 4.78 is 5.23. The van der Waals surface area contributed by atoms with Crippen LogP contribution >= 0.6 is 0 Å². The maximum Gasteiger partial charge on any atom is 0.410 e.